The number of ether oxygens (including phenoxy) is 2. The zero-order valence-corrected chi connectivity index (χ0v) is 16.1. The van der Waals surface area contributed by atoms with E-state index in [9.17, 15) is 18.0 Å². The zero-order chi connectivity index (χ0) is 20.3. The van der Waals surface area contributed by atoms with Gasteiger partial charge in [0.1, 0.15) is 0 Å². The number of nitrogens with one attached hydrogen (secondary N) is 3. The van der Waals surface area contributed by atoms with Gasteiger partial charge in [-0.05, 0) is 35.9 Å². The molecule has 0 radical (unpaired) electrons. The summed E-state index contributed by atoms with van der Waals surface area (Å²) in [5, 5.41) is 5.30. The van der Waals surface area contributed by atoms with Gasteiger partial charge in [-0.25, -0.2) is 8.42 Å². The van der Waals surface area contributed by atoms with Gasteiger partial charge in [-0.15, -0.1) is 0 Å². The van der Waals surface area contributed by atoms with E-state index in [0.717, 1.165) is 11.8 Å². The number of hydrogen-bond acceptors (Lipinski definition) is 6. The Morgan fingerprint density at radius 1 is 1.07 bits per heavy atom. The number of carbonyl (C=O) groups excluding carboxylic acids is 2. The summed E-state index contributed by atoms with van der Waals surface area (Å²) in [6, 6.07) is 9.62. The average molecular weight is 405 g/mol. The van der Waals surface area contributed by atoms with Gasteiger partial charge in [0.15, 0.2) is 11.5 Å². The first-order chi connectivity index (χ1) is 13.2. The molecule has 2 aromatic carbocycles. The Labute approximate surface area is 162 Å². The van der Waals surface area contributed by atoms with E-state index in [4.69, 9.17) is 9.47 Å². The first-order valence-electron chi connectivity index (χ1n) is 8.27. The van der Waals surface area contributed by atoms with E-state index >= 15 is 0 Å². The van der Waals surface area contributed by atoms with Gasteiger partial charge in [0.25, 0.3) is 5.91 Å². The molecule has 0 aliphatic carbocycles. The highest BCUT2D eigenvalue weighted by Crippen LogP contribution is 2.32. The lowest BCUT2D eigenvalue weighted by molar-refractivity contribution is -0.114. The highest BCUT2D eigenvalue weighted by atomic mass is 32.2. The fraction of sp³-hybridized carbons (Fsp3) is 0.222. The Balaban J connectivity index is 1.80. The van der Waals surface area contributed by atoms with Crippen LogP contribution in [0, 0.1) is 0 Å². The van der Waals surface area contributed by atoms with Crippen molar-refractivity contribution in [3.63, 3.8) is 0 Å². The first kappa shape index (κ1) is 19.5. The van der Waals surface area contributed by atoms with Gasteiger partial charge in [-0.3, -0.25) is 14.3 Å². The molecule has 9 nitrogen and oxygen atoms in total. The molecule has 28 heavy (non-hydrogen) atoms. The molecule has 2 aromatic rings. The molecule has 0 aromatic heterocycles. The van der Waals surface area contributed by atoms with Crippen molar-refractivity contribution in [1.82, 2.24) is 5.32 Å². The largest absolute Gasteiger partial charge is 0.454 e. The number of anilines is 2. The van der Waals surface area contributed by atoms with Crippen molar-refractivity contribution < 1.29 is 27.5 Å². The number of sulfonamides is 1. The summed E-state index contributed by atoms with van der Waals surface area (Å²) >= 11 is 0. The molecule has 3 rings (SSSR count). The van der Waals surface area contributed by atoms with Crippen LogP contribution in [0.3, 0.4) is 0 Å². The minimum absolute atomic E-state index is 0.0809. The summed E-state index contributed by atoms with van der Waals surface area (Å²) in [6.07, 6.45) is 0.989. The molecule has 0 saturated carbocycles. The Bertz CT molecular complexity index is 1040. The monoisotopic (exact) mass is 405 g/mol. The molecule has 2 amide bonds. The van der Waals surface area contributed by atoms with E-state index < -0.39 is 15.9 Å². The summed E-state index contributed by atoms with van der Waals surface area (Å²) < 4.78 is 36.0. The van der Waals surface area contributed by atoms with E-state index in [0.29, 0.717) is 17.2 Å². The number of fused-ring (bicyclic) bond motifs is 1. The molecular formula is C18H19N3O6S. The molecule has 10 heteroatoms. The number of carbonyl (C=O) groups is 2. The predicted molar refractivity (Wildman–Crippen MR) is 103 cm³/mol. The van der Waals surface area contributed by atoms with Crippen molar-refractivity contribution in [1.29, 1.82) is 0 Å². The van der Waals surface area contributed by atoms with Gasteiger partial charge < -0.3 is 20.1 Å². The van der Waals surface area contributed by atoms with E-state index in [-0.39, 0.29) is 30.5 Å². The normalized spacial score (nSPS) is 12.4. The van der Waals surface area contributed by atoms with Gasteiger partial charge in [0, 0.05) is 19.2 Å². The Morgan fingerprint density at radius 3 is 2.54 bits per heavy atom. The molecule has 0 unspecified atom stereocenters. The van der Waals surface area contributed by atoms with Crippen LogP contribution in [0.25, 0.3) is 0 Å². The highest BCUT2D eigenvalue weighted by Gasteiger charge is 2.17. The molecule has 1 aliphatic rings. The zero-order valence-electron chi connectivity index (χ0n) is 15.2. The second-order valence-electron chi connectivity index (χ2n) is 6.19. The summed E-state index contributed by atoms with van der Waals surface area (Å²) in [6.45, 7) is 1.68. The van der Waals surface area contributed by atoms with E-state index in [2.05, 4.69) is 15.4 Å². The minimum atomic E-state index is -3.59. The van der Waals surface area contributed by atoms with Gasteiger partial charge in [-0.1, -0.05) is 6.07 Å². The molecule has 0 bridgehead atoms. The van der Waals surface area contributed by atoms with Crippen molar-refractivity contribution in [2.75, 3.05) is 23.1 Å². The van der Waals surface area contributed by atoms with Gasteiger partial charge in [0.2, 0.25) is 22.7 Å². The van der Waals surface area contributed by atoms with Crippen LogP contribution in [0.2, 0.25) is 0 Å². The second kappa shape index (κ2) is 7.77. The molecular weight excluding hydrogens is 386 g/mol. The summed E-state index contributed by atoms with van der Waals surface area (Å²) in [5.74, 6) is 0.420. The van der Waals surface area contributed by atoms with Crippen LogP contribution in [-0.2, 0) is 21.4 Å². The SMILES string of the molecule is CC(=O)Nc1ccc(NS(C)(=O)=O)c(C(=O)NCc2ccc3c(c2)OCO3)c1. The fourth-order valence-electron chi connectivity index (χ4n) is 2.63. The van der Waals surface area contributed by atoms with Crippen LogP contribution >= 0.6 is 0 Å². The van der Waals surface area contributed by atoms with Crippen LogP contribution in [0.5, 0.6) is 11.5 Å². The average Bonchev–Trinajstić information content (AvgIpc) is 3.07. The molecule has 0 fully saturated rings. The van der Waals surface area contributed by atoms with E-state index in [1.165, 1.54) is 25.1 Å². The summed E-state index contributed by atoms with van der Waals surface area (Å²) in [7, 11) is -3.59. The van der Waals surface area contributed by atoms with E-state index in [1.54, 1.807) is 18.2 Å². The Hall–Kier alpha value is -3.27. The number of rotatable bonds is 6. The number of amides is 2. The lowest BCUT2D eigenvalue weighted by Crippen LogP contribution is -2.25. The Kier molecular flexibility index (Phi) is 5.41. The maximum atomic E-state index is 12.7. The van der Waals surface area contributed by atoms with Crippen molar-refractivity contribution in [2.45, 2.75) is 13.5 Å². The maximum Gasteiger partial charge on any atom is 0.253 e. The molecule has 0 spiro atoms. The lowest BCUT2D eigenvalue weighted by Gasteiger charge is -2.13. The van der Waals surface area contributed by atoms with Gasteiger partial charge in [-0.2, -0.15) is 0 Å². The summed E-state index contributed by atoms with van der Waals surface area (Å²) in [4.78, 5) is 23.9. The third-order valence-corrected chi connectivity index (χ3v) is 4.36. The van der Waals surface area contributed by atoms with Crippen molar-refractivity contribution in [3.05, 3.63) is 47.5 Å². The van der Waals surface area contributed by atoms with Crippen LogP contribution < -0.4 is 24.8 Å². The topological polar surface area (TPSA) is 123 Å². The predicted octanol–water partition coefficient (Wildman–Crippen LogP) is 1.68. The summed E-state index contributed by atoms with van der Waals surface area (Å²) in [5.41, 5.74) is 1.35. The maximum absolute atomic E-state index is 12.7. The number of benzene rings is 2. The van der Waals surface area contributed by atoms with Crippen molar-refractivity contribution >= 4 is 33.2 Å². The molecule has 1 heterocycles. The fourth-order valence-corrected chi connectivity index (χ4v) is 3.21. The second-order valence-corrected chi connectivity index (χ2v) is 7.93. The molecule has 0 saturated heterocycles. The minimum Gasteiger partial charge on any atom is -0.454 e. The Morgan fingerprint density at radius 2 is 1.82 bits per heavy atom. The lowest BCUT2D eigenvalue weighted by atomic mass is 10.1. The molecule has 0 atom stereocenters. The van der Waals surface area contributed by atoms with Crippen LogP contribution in [-0.4, -0.2) is 33.3 Å². The molecule has 1 aliphatic heterocycles. The van der Waals surface area contributed by atoms with E-state index in [1.807, 2.05) is 0 Å². The third kappa shape index (κ3) is 4.92. The van der Waals surface area contributed by atoms with Crippen molar-refractivity contribution in [3.8, 4) is 11.5 Å². The van der Waals surface area contributed by atoms with Crippen LogP contribution in [0.4, 0.5) is 11.4 Å². The number of hydrogen-bond donors (Lipinski definition) is 3. The van der Waals surface area contributed by atoms with Crippen molar-refractivity contribution in [2.24, 2.45) is 0 Å². The van der Waals surface area contributed by atoms with Gasteiger partial charge in [0.05, 0.1) is 17.5 Å². The van der Waals surface area contributed by atoms with Crippen LogP contribution in [0.1, 0.15) is 22.8 Å². The van der Waals surface area contributed by atoms with Gasteiger partial charge >= 0.3 is 0 Å². The molecule has 3 N–H and O–H groups in total. The molecule has 148 valence electrons. The quantitative estimate of drug-likeness (QED) is 0.672. The standard InChI is InChI=1S/C18H19N3O6S/c1-11(22)20-13-4-5-15(21-28(2,24)25)14(8-13)18(23)19-9-12-3-6-16-17(7-12)27-10-26-16/h3-8,21H,9-10H2,1-2H3,(H,19,23)(H,20,22). The highest BCUT2D eigenvalue weighted by molar-refractivity contribution is 7.92. The third-order valence-electron chi connectivity index (χ3n) is 3.77. The smallest absolute Gasteiger partial charge is 0.253 e. The first-order valence-corrected chi connectivity index (χ1v) is 10.2. The van der Waals surface area contributed by atoms with Crippen LogP contribution in [0.15, 0.2) is 36.4 Å².